The molecule has 3 rings (SSSR count). The van der Waals surface area contributed by atoms with E-state index in [4.69, 9.17) is 21.9 Å². The summed E-state index contributed by atoms with van der Waals surface area (Å²) in [5.74, 6) is 1.13. The molecule has 1 aliphatic carbocycles. The summed E-state index contributed by atoms with van der Waals surface area (Å²) in [7, 11) is 0. The molecular formula is C16H18ClFN2O. The standard InChI is InChI=1S/C16H18ClFN2O/c17-12-7-3-6-11(15(12)18)14-13(21-20-16(14)19)9-8-10-4-1-2-5-10/h3,6-7,10H,1-2,4-5,8-9H2,(H2,19,20). The van der Waals surface area contributed by atoms with Gasteiger partial charge in [-0.3, -0.25) is 0 Å². The number of aromatic nitrogens is 1. The zero-order valence-electron chi connectivity index (χ0n) is 11.7. The van der Waals surface area contributed by atoms with Crippen LogP contribution in [-0.2, 0) is 6.42 Å². The van der Waals surface area contributed by atoms with Crippen molar-refractivity contribution in [2.75, 3.05) is 5.73 Å². The van der Waals surface area contributed by atoms with E-state index in [9.17, 15) is 4.39 Å². The molecule has 3 nitrogen and oxygen atoms in total. The molecule has 1 aromatic heterocycles. The number of hydrogen-bond acceptors (Lipinski definition) is 3. The smallest absolute Gasteiger partial charge is 0.175 e. The largest absolute Gasteiger partial charge is 0.380 e. The SMILES string of the molecule is Nc1noc(CCC2CCCC2)c1-c1cccc(Cl)c1F. The van der Waals surface area contributed by atoms with Crippen molar-refractivity contribution >= 4 is 17.4 Å². The van der Waals surface area contributed by atoms with Gasteiger partial charge in [0.15, 0.2) is 5.82 Å². The van der Waals surface area contributed by atoms with Gasteiger partial charge in [0, 0.05) is 12.0 Å². The van der Waals surface area contributed by atoms with Gasteiger partial charge in [-0.15, -0.1) is 0 Å². The number of aryl methyl sites for hydroxylation is 1. The Morgan fingerprint density at radius 2 is 2.10 bits per heavy atom. The zero-order chi connectivity index (χ0) is 14.8. The molecule has 1 aromatic carbocycles. The van der Waals surface area contributed by atoms with Gasteiger partial charge in [-0.25, -0.2) is 4.39 Å². The third-order valence-corrected chi connectivity index (χ3v) is 4.56. The van der Waals surface area contributed by atoms with E-state index in [0.717, 1.165) is 18.8 Å². The molecule has 112 valence electrons. The molecule has 0 radical (unpaired) electrons. The number of hydrogen-bond donors (Lipinski definition) is 1. The van der Waals surface area contributed by atoms with Gasteiger partial charge in [-0.1, -0.05) is 54.6 Å². The maximum absolute atomic E-state index is 14.2. The second-order valence-corrected chi connectivity index (χ2v) is 6.06. The molecule has 0 aliphatic heterocycles. The van der Waals surface area contributed by atoms with Crippen molar-refractivity contribution in [3.8, 4) is 11.1 Å². The molecule has 1 aliphatic rings. The van der Waals surface area contributed by atoms with Crippen LogP contribution in [0.15, 0.2) is 22.7 Å². The molecule has 0 bridgehead atoms. The molecule has 5 heteroatoms. The molecule has 1 fully saturated rings. The molecule has 0 atom stereocenters. The van der Waals surface area contributed by atoms with Crippen molar-refractivity contribution in [3.05, 3.63) is 34.8 Å². The number of benzene rings is 1. The maximum atomic E-state index is 14.2. The fourth-order valence-corrected chi connectivity index (χ4v) is 3.30. The van der Waals surface area contributed by atoms with Crippen LogP contribution in [0.25, 0.3) is 11.1 Å². The summed E-state index contributed by atoms with van der Waals surface area (Å²) < 4.78 is 19.5. The van der Waals surface area contributed by atoms with E-state index in [1.54, 1.807) is 12.1 Å². The first-order valence-electron chi connectivity index (χ1n) is 7.35. The lowest BCUT2D eigenvalue weighted by Crippen LogP contribution is -1.98. The summed E-state index contributed by atoms with van der Waals surface area (Å²) >= 11 is 5.85. The Morgan fingerprint density at radius 3 is 2.86 bits per heavy atom. The van der Waals surface area contributed by atoms with Gasteiger partial charge in [0.2, 0.25) is 0 Å². The number of anilines is 1. The summed E-state index contributed by atoms with van der Waals surface area (Å²) in [6, 6.07) is 4.87. The monoisotopic (exact) mass is 308 g/mol. The normalized spacial score (nSPS) is 15.7. The van der Waals surface area contributed by atoms with Gasteiger partial charge in [0.25, 0.3) is 0 Å². The fraction of sp³-hybridized carbons (Fsp3) is 0.438. The highest BCUT2D eigenvalue weighted by Gasteiger charge is 2.22. The van der Waals surface area contributed by atoms with Crippen molar-refractivity contribution in [1.82, 2.24) is 5.16 Å². The average molecular weight is 309 g/mol. The summed E-state index contributed by atoms with van der Waals surface area (Å²) in [5, 5.41) is 3.88. The van der Waals surface area contributed by atoms with Crippen LogP contribution < -0.4 is 5.73 Å². The predicted molar refractivity (Wildman–Crippen MR) is 81.6 cm³/mol. The molecule has 2 aromatic rings. The third kappa shape index (κ3) is 2.91. The highest BCUT2D eigenvalue weighted by molar-refractivity contribution is 6.31. The molecular weight excluding hydrogens is 291 g/mol. The van der Waals surface area contributed by atoms with Crippen LogP contribution in [0, 0.1) is 11.7 Å². The lowest BCUT2D eigenvalue weighted by molar-refractivity contribution is 0.370. The minimum atomic E-state index is -0.476. The van der Waals surface area contributed by atoms with Gasteiger partial charge in [0.05, 0.1) is 10.6 Å². The predicted octanol–water partition coefficient (Wildman–Crippen LogP) is 4.84. The van der Waals surface area contributed by atoms with Crippen LogP contribution in [-0.4, -0.2) is 5.16 Å². The second kappa shape index (κ2) is 6.06. The lowest BCUT2D eigenvalue weighted by Gasteiger charge is -2.08. The van der Waals surface area contributed by atoms with Crippen LogP contribution >= 0.6 is 11.6 Å². The third-order valence-electron chi connectivity index (χ3n) is 4.26. The van der Waals surface area contributed by atoms with Gasteiger partial charge in [0.1, 0.15) is 11.6 Å². The summed E-state index contributed by atoms with van der Waals surface area (Å²) in [6.07, 6.45) is 6.91. The van der Waals surface area contributed by atoms with Gasteiger partial charge >= 0.3 is 0 Å². The van der Waals surface area contributed by atoms with E-state index in [1.165, 1.54) is 31.7 Å². The Morgan fingerprint density at radius 1 is 1.33 bits per heavy atom. The molecule has 0 spiro atoms. The van der Waals surface area contributed by atoms with Crippen molar-refractivity contribution in [3.63, 3.8) is 0 Å². The van der Waals surface area contributed by atoms with Crippen molar-refractivity contribution < 1.29 is 8.91 Å². The van der Waals surface area contributed by atoms with E-state index in [-0.39, 0.29) is 10.8 Å². The van der Waals surface area contributed by atoms with Gasteiger partial charge < -0.3 is 10.3 Å². The van der Waals surface area contributed by atoms with Crippen LogP contribution in [0.3, 0.4) is 0 Å². The fourth-order valence-electron chi connectivity index (χ4n) is 3.13. The topological polar surface area (TPSA) is 52.0 Å². The Bertz CT molecular complexity index is 635. The molecule has 1 saturated carbocycles. The number of rotatable bonds is 4. The zero-order valence-corrected chi connectivity index (χ0v) is 12.5. The summed E-state index contributed by atoms with van der Waals surface area (Å²) in [6.45, 7) is 0. The van der Waals surface area contributed by atoms with Crippen LogP contribution in [0.4, 0.5) is 10.2 Å². The summed E-state index contributed by atoms with van der Waals surface area (Å²) in [5.41, 5.74) is 6.77. The Kier molecular flexibility index (Phi) is 4.15. The van der Waals surface area contributed by atoms with Crippen molar-refractivity contribution in [1.29, 1.82) is 0 Å². The van der Waals surface area contributed by atoms with Gasteiger partial charge in [-0.2, -0.15) is 0 Å². The molecule has 0 unspecified atom stereocenters. The molecule has 21 heavy (non-hydrogen) atoms. The molecule has 0 saturated heterocycles. The van der Waals surface area contributed by atoms with Gasteiger partial charge in [-0.05, 0) is 18.4 Å². The number of nitrogens with zero attached hydrogens (tertiary/aromatic N) is 1. The van der Waals surface area contributed by atoms with Crippen LogP contribution in [0.5, 0.6) is 0 Å². The Hall–Kier alpha value is -1.55. The first kappa shape index (κ1) is 14.4. The van der Waals surface area contributed by atoms with E-state index >= 15 is 0 Å². The Balaban J connectivity index is 1.87. The minimum Gasteiger partial charge on any atom is -0.380 e. The summed E-state index contributed by atoms with van der Waals surface area (Å²) in [4.78, 5) is 0. The second-order valence-electron chi connectivity index (χ2n) is 5.66. The first-order chi connectivity index (χ1) is 10.2. The molecule has 1 heterocycles. The van der Waals surface area contributed by atoms with E-state index in [2.05, 4.69) is 5.16 Å². The Labute approximate surface area is 128 Å². The quantitative estimate of drug-likeness (QED) is 0.879. The highest BCUT2D eigenvalue weighted by Crippen LogP contribution is 2.36. The highest BCUT2D eigenvalue weighted by atomic mass is 35.5. The number of halogens is 2. The van der Waals surface area contributed by atoms with Crippen molar-refractivity contribution in [2.45, 2.75) is 38.5 Å². The van der Waals surface area contributed by atoms with E-state index in [1.807, 2.05) is 0 Å². The van der Waals surface area contributed by atoms with E-state index in [0.29, 0.717) is 16.9 Å². The lowest BCUT2D eigenvalue weighted by atomic mass is 9.97. The van der Waals surface area contributed by atoms with Crippen molar-refractivity contribution in [2.24, 2.45) is 5.92 Å². The van der Waals surface area contributed by atoms with Crippen LogP contribution in [0.2, 0.25) is 5.02 Å². The minimum absolute atomic E-state index is 0.0786. The van der Waals surface area contributed by atoms with E-state index < -0.39 is 5.82 Å². The average Bonchev–Trinajstić information content (AvgIpc) is 3.10. The molecule has 0 amide bonds. The maximum Gasteiger partial charge on any atom is 0.175 e. The number of nitrogen functional groups attached to an aromatic ring is 1. The van der Waals surface area contributed by atoms with Crippen LogP contribution in [0.1, 0.15) is 37.9 Å². The molecule has 2 N–H and O–H groups in total. The first-order valence-corrected chi connectivity index (χ1v) is 7.73. The number of nitrogens with two attached hydrogens (primary N) is 1.